The first kappa shape index (κ1) is 10.5. The van der Waals surface area contributed by atoms with E-state index in [1.54, 1.807) is 12.1 Å². The van der Waals surface area contributed by atoms with Crippen molar-refractivity contribution in [1.29, 1.82) is 0 Å². The van der Waals surface area contributed by atoms with Gasteiger partial charge in [0.1, 0.15) is 0 Å². The summed E-state index contributed by atoms with van der Waals surface area (Å²) in [5.41, 5.74) is 3.47. The average Bonchev–Trinajstić information content (AvgIpc) is 2.16. The number of hydrazine groups is 1. The SMILES string of the molecule is CC(C)Nc1ccccc1C(=O)NN. The molecule has 0 saturated heterocycles. The van der Waals surface area contributed by atoms with Crippen molar-refractivity contribution < 1.29 is 4.79 Å². The van der Waals surface area contributed by atoms with Crippen molar-refractivity contribution >= 4 is 11.6 Å². The molecule has 0 aliphatic carbocycles. The van der Waals surface area contributed by atoms with Gasteiger partial charge < -0.3 is 5.32 Å². The van der Waals surface area contributed by atoms with Crippen LogP contribution in [0.4, 0.5) is 5.69 Å². The lowest BCUT2D eigenvalue weighted by Crippen LogP contribution is -2.31. The fraction of sp³-hybridized carbons (Fsp3) is 0.300. The standard InChI is InChI=1S/C10H15N3O/c1-7(2)12-9-6-4-3-5-8(9)10(14)13-11/h3-7,12H,11H2,1-2H3,(H,13,14). The molecule has 76 valence electrons. The normalized spacial score (nSPS) is 10.0. The summed E-state index contributed by atoms with van der Waals surface area (Å²) >= 11 is 0. The highest BCUT2D eigenvalue weighted by Gasteiger charge is 2.09. The van der Waals surface area contributed by atoms with Gasteiger partial charge in [-0.05, 0) is 26.0 Å². The van der Waals surface area contributed by atoms with Crippen molar-refractivity contribution in [1.82, 2.24) is 5.43 Å². The van der Waals surface area contributed by atoms with Gasteiger partial charge in [-0.1, -0.05) is 12.1 Å². The van der Waals surface area contributed by atoms with Gasteiger partial charge in [0, 0.05) is 11.7 Å². The lowest BCUT2D eigenvalue weighted by molar-refractivity contribution is 0.0954. The second kappa shape index (κ2) is 4.62. The van der Waals surface area contributed by atoms with Gasteiger partial charge in [0.05, 0.1) is 5.56 Å². The number of hydrogen-bond acceptors (Lipinski definition) is 3. The van der Waals surface area contributed by atoms with Crippen LogP contribution < -0.4 is 16.6 Å². The maximum Gasteiger partial charge on any atom is 0.267 e. The second-order valence-electron chi connectivity index (χ2n) is 3.32. The zero-order valence-corrected chi connectivity index (χ0v) is 8.37. The van der Waals surface area contributed by atoms with Crippen molar-refractivity contribution in [3.63, 3.8) is 0 Å². The minimum Gasteiger partial charge on any atom is -0.382 e. The van der Waals surface area contributed by atoms with E-state index in [1.807, 2.05) is 26.0 Å². The van der Waals surface area contributed by atoms with Crippen LogP contribution in [0.5, 0.6) is 0 Å². The third-order valence-corrected chi connectivity index (χ3v) is 1.75. The number of benzene rings is 1. The number of nitrogen functional groups attached to an aromatic ring is 1. The second-order valence-corrected chi connectivity index (χ2v) is 3.32. The predicted molar refractivity (Wildman–Crippen MR) is 56.9 cm³/mol. The van der Waals surface area contributed by atoms with Crippen LogP contribution >= 0.6 is 0 Å². The van der Waals surface area contributed by atoms with Gasteiger partial charge in [-0.25, -0.2) is 5.84 Å². The van der Waals surface area contributed by atoms with E-state index >= 15 is 0 Å². The Morgan fingerprint density at radius 1 is 1.36 bits per heavy atom. The molecule has 0 saturated carbocycles. The summed E-state index contributed by atoms with van der Waals surface area (Å²) in [5.74, 6) is 4.79. The molecule has 0 fully saturated rings. The van der Waals surface area contributed by atoms with Crippen LogP contribution in [0.3, 0.4) is 0 Å². The average molecular weight is 193 g/mol. The maximum absolute atomic E-state index is 11.3. The number of rotatable bonds is 3. The van der Waals surface area contributed by atoms with E-state index in [1.165, 1.54) is 0 Å². The molecule has 0 spiro atoms. The highest BCUT2D eigenvalue weighted by Crippen LogP contribution is 2.15. The number of carbonyl (C=O) groups is 1. The van der Waals surface area contributed by atoms with Crippen LogP contribution in [-0.2, 0) is 0 Å². The molecule has 0 atom stereocenters. The Kier molecular flexibility index (Phi) is 3.48. The lowest BCUT2D eigenvalue weighted by atomic mass is 10.1. The molecule has 4 heteroatoms. The molecule has 1 aromatic carbocycles. The zero-order chi connectivity index (χ0) is 10.6. The van der Waals surface area contributed by atoms with Gasteiger partial charge in [0.25, 0.3) is 5.91 Å². The molecular weight excluding hydrogens is 178 g/mol. The molecule has 4 N–H and O–H groups in total. The summed E-state index contributed by atoms with van der Waals surface area (Å²) in [6, 6.07) is 7.53. The Bertz CT molecular complexity index is 323. The van der Waals surface area contributed by atoms with E-state index in [0.29, 0.717) is 5.56 Å². The monoisotopic (exact) mass is 193 g/mol. The Hall–Kier alpha value is -1.55. The van der Waals surface area contributed by atoms with Gasteiger partial charge in [-0.2, -0.15) is 0 Å². The number of nitrogens with one attached hydrogen (secondary N) is 2. The molecule has 0 unspecified atom stereocenters. The minimum absolute atomic E-state index is 0.279. The van der Waals surface area contributed by atoms with Crippen LogP contribution in [0.15, 0.2) is 24.3 Å². The molecule has 1 aromatic rings. The molecule has 0 heterocycles. The van der Waals surface area contributed by atoms with Crippen molar-refractivity contribution in [2.45, 2.75) is 19.9 Å². The Labute approximate surface area is 83.5 Å². The molecule has 0 radical (unpaired) electrons. The van der Waals surface area contributed by atoms with Crippen LogP contribution in [0, 0.1) is 0 Å². The van der Waals surface area contributed by atoms with Crippen molar-refractivity contribution in [2.24, 2.45) is 5.84 Å². The third kappa shape index (κ3) is 2.47. The largest absolute Gasteiger partial charge is 0.382 e. The first-order chi connectivity index (χ1) is 6.65. The number of para-hydroxylation sites is 1. The zero-order valence-electron chi connectivity index (χ0n) is 8.37. The van der Waals surface area contributed by atoms with Crippen molar-refractivity contribution in [2.75, 3.05) is 5.32 Å². The molecule has 14 heavy (non-hydrogen) atoms. The molecule has 0 bridgehead atoms. The van der Waals surface area contributed by atoms with E-state index in [-0.39, 0.29) is 11.9 Å². The summed E-state index contributed by atoms with van der Waals surface area (Å²) in [5, 5.41) is 3.17. The van der Waals surface area contributed by atoms with Gasteiger partial charge in [-0.3, -0.25) is 10.2 Å². The van der Waals surface area contributed by atoms with Crippen molar-refractivity contribution in [3.05, 3.63) is 29.8 Å². The first-order valence-electron chi connectivity index (χ1n) is 4.51. The van der Waals surface area contributed by atoms with Crippen LogP contribution in [-0.4, -0.2) is 11.9 Å². The number of carbonyl (C=O) groups excluding carboxylic acids is 1. The number of amides is 1. The summed E-state index contributed by atoms with van der Waals surface area (Å²) in [4.78, 5) is 11.3. The number of hydrogen-bond donors (Lipinski definition) is 3. The van der Waals surface area contributed by atoms with Gasteiger partial charge in [0.15, 0.2) is 0 Å². The van der Waals surface area contributed by atoms with Gasteiger partial charge in [0.2, 0.25) is 0 Å². The molecule has 0 aliphatic heterocycles. The number of anilines is 1. The Morgan fingerprint density at radius 3 is 2.57 bits per heavy atom. The van der Waals surface area contributed by atoms with E-state index in [9.17, 15) is 4.79 Å². The fourth-order valence-corrected chi connectivity index (χ4v) is 1.20. The third-order valence-electron chi connectivity index (χ3n) is 1.75. The topological polar surface area (TPSA) is 67.2 Å². The smallest absolute Gasteiger partial charge is 0.267 e. The molecule has 1 rings (SSSR count). The molecular formula is C10H15N3O. The summed E-state index contributed by atoms with van der Waals surface area (Å²) < 4.78 is 0. The lowest BCUT2D eigenvalue weighted by Gasteiger charge is -2.13. The molecule has 4 nitrogen and oxygen atoms in total. The van der Waals surface area contributed by atoms with E-state index in [2.05, 4.69) is 10.7 Å². The molecule has 0 aliphatic rings. The molecule has 1 amide bonds. The fourth-order valence-electron chi connectivity index (χ4n) is 1.20. The first-order valence-corrected chi connectivity index (χ1v) is 4.51. The number of nitrogens with two attached hydrogens (primary N) is 1. The quantitative estimate of drug-likeness (QED) is 0.382. The summed E-state index contributed by atoms with van der Waals surface area (Å²) in [6.07, 6.45) is 0. The van der Waals surface area contributed by atoms with Gasteiger partial charge >= 0.3 is 0 Å². The van der Waals surface area contributed by atoms with Gasteiger partial charge in [-0.15, -0.1) is 0 Å². The minimum atomic E-state index is -0.284. The predicted octanol–water partition coefficient (Wildman–Crippen LogP) is 1.11. The highest BCUT2D eigenvalue weighted by atomic mass is 16.2. The van der Waals surface area contributed by atoms with Crippen LogP contribution in [0.2, 0.25) is 0 Å². The van der Waals surface area contributed by atoms with E-state index in [4.69, 9.17) is 5.84 Å². The van der Waals surface area contributed by atoms with Crippen LogP contribution in [0.1, 0.15) is 24.2 Å². The summed E-state index contributed by atoms with van der Waals surface area (Å²) in [6.45, 7) is 4.02. The highest BCUT2D eigenvalue weighted by molar-refractivity contribution is 5.99. The van der Waals surface area contributed by atoms with E-state index < -0.39 is 0 Å². The molecule has 0 aromatic heterocycles. The van der Waals surface area contributed by atoms with Crippen LogP contribution in [0.25, 0.3) is 0 Å². The Balaban J connectivity index is 2.97. The maximum atomic E-state index is 11.3. The van der Waals surface area contributed by atoms with Crippen molar-refractivity contribution in [3.8, 4) is 0 Å². The summed E-state index contributed by atoms with van der Waals surface area (Å²) in [7, 11) is 0. The Morgan fingerprint density at radius 2 is 2.00 bits per heavy atom. The van der Waals surface area contributed by atoms with E-state index in [0.717, 1.165) is 5.69 Å².